The van der Waals surface area contributed by atoms with Crippen molar-refractivity contribution in [3.63, 3.8) is 0 Å². The van der Waals surface area contributed by atoms with Crippen molar-refractivity contribution in [2.45, 2.75) is 64.8 Å². The maximum Gasteiger partial charge on any atom is 0.125 e. The predicted octanol–water partition coefficient (Wildman–Crippen LogP) is 4.51. The third kappa shape index (κ3) is 4.31. The molecule has 124 valence electrons. The average molecular weight is 344 g/mol. The van der Waals surface area contributed by atoms with E-state index in [0.717, 1.165) is 24.1 Å². The maximum absolute atomic E-state index is 12.2. The van der Waals surface area contributed by atoms with Gasteiger partial charge in [-0.25, -0.2) is 13.9 Å². The van der Waals surface area contributed by atoms with Crippen LogP contribution in [0.2, 0.25) is 5.15 Å². The Hall–Kier alpha value is -0.910. The Morgan fingerprint density at radius 3 is 2.41 bits per heavy atom. The number of aromatic nitrogens is 2. The van der Waals surface area contributed by atoms with Crippen LogP contribution in [0.25, 0.3) is 5.52 Å². The largest absolute Gasteiger partial charge is 0.289 e. The molecule has 0 aliphatic heterocycles. The average Bonchev–Trinajstić information content (AvgIpc) is 3.13. The molecule has 0 aromatic carbocycles. The summed E-state index contributed by atoms with van der Waals surface area (Å²) in [5.74, 6) is 0. The monoisotopic (exact) mass is 343 g/mol. The molecule has 0 saturated heterocycles. The van der Waals surface area contributed by atoms with Crippen LogP contribution >= 0.6 is 11.6 Å². The van der Waals surface area contributed by atoms with Crippen LogP contribution in [0.1, 0.15) is 53.2 Å². The van der Waals surface area contributed by atoms with Crippen molar-refractivity contribution in [2.75, 3.05) is 0 Å². The van der Waals surface area contributed by atoms with Crippen LogP contribution in [-0.2, 0) is 11.0 Å². The lowest BCUT2D eigenvalue weighted by Crippen LogP contribution is -2.29. The lowest BCUT2D eigenvalue weighted by atomic mass is 10.3. The molecule has 2 heterocycles. The topological polar surface area (TPSA) is 46.4 Å². The Balaban J connectivity index is 0.000000561. The Morgan fingerprint density at radius 1 is 1.27 bits per heavy atom. The molecule has 22 heavy (non-hydrogen) atoms. The third-order valence-corrected chi connectivity index (χ3v) is 4.95. The van der Waals surface area contributed by atoms with Crippen molar-refractivity contribution in [2.24, 2.45) is 0 Å². The number of fused-ring (bicyclic) bond motifs is 1. The van der Waals surface area contributed by atoms with Gasteiger partial charge in [-0.2, -0.15) is 0 Å². The van der Waals surface area contributed by atoms with E-state index in [0.29, 0.717) is 10.0 Å². The van der Waals surface area contributed by atoms with Gasteiger partial charge in [-0.1, -0.05) is 39.3 Å². The number of imidazole rings is 1. The second-order valence-corrected chi connectivity index (χ2v) is 6.63. The van der Waals surface area contributed by atoms with Crippen LogP contribution in [-0.4, -0.2) is 19.1 Å². The summed E-state index contributed by atoms with van der Waals surface area (Å²) >= 11 is 6.17. The second-order valence-electron chi connectivity index (χ2n) is 5.03. The minimum absolute atomic E-state index is 0.0265. The number of rotatable bonds is 3. The lowest BCUT2D eigenvalue weighted by molar-refractivity contribution is 0.634. The van der Waals surface area contributed by atoms with Crippen molar-refractivity contribution >= 4 is 28.1 Å². The summed E-state index contributed by atoms with van der Waals surface area (Å²) < 4.78 is 17.2. The van der Waals surface area contributed by atoms with Gasteiger partial charge in [0, 0.05) is 5.54 Å². The molecule has 1 atom stereocenters. The zero-order valence-electron chi connectivity index (χ0n) is 14.2. The highest BCUT2D eigenvalue weighted by molar-refractivity contribution is 7.83. The van der Waals surface area contributed by atoms with Crippen molar-refractivity contribution < 1.29 is 4.21 Å². The van der Waals surface area contributed by atoms with E-state index in [1.807, 2.05) is 40.7 Å². The van der Waals surface area contributed by atoms with Gasteiger partial charge >= 0.3 is 0 Å². The molecule has 1 fully saturated rings. The molecule has 1 unspecified atom stereocenters. The van der Waals surface area contributed by atoms with Gasteiger partial charge in [0.2, 0.25) is 0 Å². The Kier molecular flexibility index (Phi) is 7.03. The molecule has 2 aromatic rings. The molecule has 0 radical (unpaired) electrons. The van der Waals surface area contributed by atoms with Gasteiger partial charge in [0.25, 0.3) is 0 Å². The molecular weight excluding hydrogens is 318 g/mol. The molecule has 1 N–H and O–H groups in total. The van der Waals surface area contributed by atoms with Crippen LogP contribution in [0, 0.1) is 6.92 Å². The quantitative estimate of drug-likeness (QED) is 0.833. The summed E-state index contributed by atoms with van der Waals surface area (Å²) in [7, 11) is -1.22. The van der Waals surface area contributed by atoms with E-state index in [-0.39, 0.29) is 5.54 Å². The predicted molar refractivity (Wildman–Crippen MR) is 94.8 cm³/mol. The van der Waals surface area contributed by atoms with Gasteiger partial charge in [0.1, 0.15) is 22.5 Å². The first-order valence-corrected chi connectivity index (χ1v) is 9.34. The van der Waals surface area contributed by atoms with Crippen LogP contribution in [0.15, 0.2) is 23.4 Å². The Labute approximate surface area is 140 Å². The van der Waals surface area contributed by atoms with Gasteiger partial charge < -0.3 is 0 Å². The summed E-state index contributed by atoms with van der Waals surface area (Å²) in [5.41, 5.74) is 1.81. The van der Waals surface area contributed by atoms with Crippen LogP contribution < -0.4 is 4.72 Å². The fraction of sp³-hybridized carbons (Fsp3) is 0.562. The van der Waals surface area contributed by atoms with E-state index in [1.165, 1.54) is 0 Å². The van der Waals surface area contributed by atoms with E-state index < -0.39 is 11.0 Å². The molecule has 0 spiro atoms. The van der Waals surface area contributed by atoms with Crippen LogP contribution in [0.3, 0.4) is 0 Å². The number of aryl methyl sites for hydroxylation is 1. The molecule has 3 rings (SSSR count). The SMILES string of the molecule is CC.CC.Cc1ncn2c(Cl)cc(S(=O)NC3(C)CC3)cc12. The fourth-order valence-electron chi connectivity index (χ4n) is 1.83. The number of halogens is 1. The Bertz CT molecular complexity index is 650. The first-order valence-electron chi connectivity index (χ1n) is 7.81. The highest BCUT2D eigenvalue weighted by atomic mass is 35.5. The summed E-state index contributed by atoms with van der Waals surface area (Å²) in [6, 6.07) is 3.60. The van der Waals surface area contributed by atoms with E-state index in [2.05, 4.69) is 16.6 Å². The highest BCUT2D eigenvalue weighted by Gasteiger charge is 2.38. The zero-order chi connectivity index (χ0) is 16.9. The molecule has 0 amide bonds. The van der Waals surface area contributed by atoms with Crippen LogP contribution in [0.5, 0.6) is 0 Å². The van der Waals surface area contributed by atoms with E-state index in [9.17, 15) is 4.21 Å². The van der Waals surface area contributed by atoms with Crippen LogP contribution in [0.4, 0.5) is 0 Å². The lowest BCUT2D eigenvalue weighted by Gasteiger charge is -2.11. The van der Waals surface area contributed by atoms with Gasteiger partial charge in [-0.3, -0.25) is 4.40 Å². The Morgan fingerprint density at radius 2 is 1.86 bits per heavy atom. The molecule has 4 nitrogen and oxygen atoms in total. The van der Waals surface area contributed by atoms with Gasteiger partial charge in [0.15, 0.2) is 0 Å². The molecule has 1 saturated carbocycles. The minimum Gasteiger partial charge on any atom is -0.289 e. The smallest absolute Gasteiger partial charge is 0.125 e. The normalized spacial score (nSPS) is 16.1. The van der Waals surface area contributed by atoms with Crippen molar-refractivity contribution in [3.05, 3.63) is 29.3 Å². The van der Waals surface area contributed by atoms with Gasteiger partial charge in [-0.15, -0.1) is 0 Å². The zero-order valence-corrected chi connectivity index (χ0v) is 15.8. The number of nitrogens with zero attached hydrogens (tertiary/aromatic N) is 2. The molecular formula is C16H26ClN3OS. The van der Waals surface area contributed by atoms with Gasteiger partial charge in [0.05, 0.1) is 16.1 Å². The fourth-order valence-corrected chi connectivity index (χ4v) is 3.36. The highest BCUT2D eigenvalue weighted by Crippen LogP contribution is 2.35. The molecule has 1 aliphatic carbocycles. The first-order chi connectivity index (χ1) is 10.5. The summed E-state index contributed by atoms with van der Waals surface area (Å²) in [5, 5.41) is 0.527. The second kappa shape index (κ2) is 8.09. The molecule has 6 heteroatoms. The minimum atomic E-state index is -1.22. The molecule has 0 bridgehead atoms. The molecule has 2 aromatic heterocycles. The number of pyridine rings is 1. The first kappa shape index (κ1) is 19.1. The van der Waals surface area contributed by atoms with E-state index in [1.54, 1.807) is 16.8 Å². The maximum atomic E-state index is 12.2. The summed E-state index contributed by atoms with van der Waals surface area (Å²) in [6.07, 6.45) is 3.82. The summed E-state index contributed by atoms with van der Waals surface area (Å²) in [6.45, 7) is 12.0. The summed E-state index contributed by atoms with van der Waals surface area (Å²) in [4.78, 5) is 4.90. The van der Waals surface area contributed by atoms with Crippen molar-refractivity contribution in [1.29, 1.82) is 0 Å². The standard InChI is InChI=1S/C12H14ClN3OS.2C2H6/c1-8-10-5-9(6-11(13)16(10)7-14-8)18(17)15-12(2)3-4-12;2*1-2/h5-7,15H,3-4H2,1-2H3;2*1-2H3. The van der Waals surface area contributed by atoms with E-state index in [4.69, 9.17) is 11.6 Å². The van der Waals surface area contributed by atoms with Gasteiger partial charge in [-0.05, 0) is 38.8 Å². The number of hydrogen-bond donors (Lipinski definition) is 1. The van der Waals surface area contributed by atoms with E-state index >= 15 is 0 Å². The number of nitrogens with one attached hydrogen (secondary N) is 1. The third-order valence-electron chi connectivity index (χ3n) is 3.32. The van der Waals surface area contributed by atoms with Crippen molar-refractivity contribution in [1.82, 2.24) is 14.1 Å². The molecule has 1 aliphatic rings. The van der Waals surface area contributed by atoms with Crippen molar-refractivity contribution in [3.8, 4) is 0 Å². The number of hydrogen-bond acceptors (Lipinski definition) is 2.